The number of Topliss-reactive ketones (excluding diaryl/α,β-unsaturated/α-hetero) is 1. The molecular formula is C15H24NO4+. The van der Waals surface area contributed by atoms with Gasteiger partial charge in [0.25, 0.3) is 0 Å². The monoisotopic (exact) mass is 282 g/mol. The van der Waals surface area contributed by atoms with Crippen molar-refractivity contribution in [3.05, 3.63) is 29.8 Å². The minimum Gasteiger partial charge on any atom is -0.490 e. The molecule has 1 rings (SSSR count). The van der Waals surface area contributed by atoms with Crippen molar-refractivity contribution in [2.24, 2.45) is 0 Å². The van der Waals surface area contributed by atoms with Gasteiger partial charge in [0.15, 0.2) is 5.78 Å². The Bertz CT molecular complexity index is 445. The first-order valence-corrected chi connectivity index (χ1v) is 6.72. The molecule has 0 bridgehead atoms. The van der Waals surface area contributed by atoms with Crippen LogP contribution < -0.4 is 10.1 Å². The SMILES string of the molecule is CC(=O)c1ccccc1OC[C@H](O)C[NH2+]C(C)(C)CO. The third kappa shape index (κ3) is 5.28. The molecule has 0 heterocycles. The number of carbonyl (C=O) groups is 1. The van der Waals surface area contributed by atoms with E-state index in [1.807, 2.05) is 19.2 Å². The third-order valence-electron chi connectivity index (χ3n) is 3.05. The van der Waals surface area contributed by atoms with Crippen molar-refractivity contribution >= 4 is 5.78 Å². The minimum atomic E-state index is -0.666. The van der Waals surface area contributed by atoms with E-state index in [0.717, 1.165) is 0 Å². The van der Waals surface area contributed by atoms with E-state index in [9.17, 15) is 9.90 Å². The van der Waals surface area contributed by atoms with Gasteiger partial charge in [0, 0.05) is 0 Å². The molecule has 5 heteroatoms. The lowest BCUT2D eigenvalue weighted by Gasteiger charge is -2.22. The molecule has 1 atom stereocenters. The van der Waals surface area contributed by atoms with Gasteiger partial charge in [0.05, 0.1) is 12.2 Å². The number of nitrogens with two attached hydrogens (primary N) is 1. The smallest absolute Gasteiger partial charge is 0.163 e. The van der Waals surface area contributed by atoms with Crippen molar-refractivity contribution in [1.29, 1.82) is 0 Å². The molecule has 0 unspecified atom stereocenters. The third-order valence-corrected chi connectivity index (χ3v) is 3.05. The van der Waals surface area contributed by atoms with Crippen LogP contribution in [0, 0.1) is 0 Å². The number of ketones is 1. The second kappa shape index (κ2) is 7.38. The molecule has 0 fully saturated rings. The van der Waals surface area contributed by atoms with Gasteiger partial charge < -0.3 is 20.3 Å². The van der Waals surface area contributed by atoms with Crippen LogP contribution in [0.1, 0.15) is 31.1 Å². The van der Waals surface area contributed by atoms with Crippen LogP contribution in [0.15, 0.2) is 24.3 Å². The second-order valence-corrected chi connectivity index (χ2v) is 5.60. The van der Waals surface area contributed by atoms with E-state index in [2.05, 4.69) is 0 Å². The molecule has 0 aliphatic rings. The molecule has 0 saturated heterocycles. The zero-order valence-corrected chi connectivity index (χ0v) is 12.3. The predicted molar refractivity (Wildman–Crippen MR) is 75.9 cm³/mol. The van der Waals surface area contributed by atoms with E-state index >= 15 is 0 Å². The van der Waals surface area contributed by atoms with Gasteiger partial charge in [-0.15, -0.1) is 0 Å². The molecular weight excluding hydrogens is 258 g/mol. The summed E-state index contributed by atoms with van der Waals surface area (Å²) in [7, 11) is 0. The zero-order valence-electron chi connectivity index (χ0n) is 12.3. The predicted octanol–water partition coefficient (Wildman–Crippen LogP) is -0.0368. The van der Waals surface area contributed by atoms with Gasteiger partial charge >= 0.3 is 0 Å². The Labute approximate surface area is 119 Å². The summed E-state index contributed by atoms with van der Waals surface area (Å²) in [6.45, 7) is 5.85. The number of hydrogen-bond acceptors (Lipinski definition) is 4. The average Bonchev–Trinajstić information content (AvgIpc) is 2.43. The molecule has 1 aromatic rings. The molecule has 0 spiro atoms. The summed E-state index contributed by atoms with van der Waals surface area (Å²) in [6.07, 6.45) is -0.666. The van der Waals surface area contributed by atoms with Crippen LogP contribution >= 0.6 is 0 Å². The lowest BCUT2D eigenvalue weighted by atomic mass is 10.1. The summed E-state index contributed by atoms with van der Waals surface area (Å²) in [5.74, 6) is 0.420. The van der Waals surface area contributed by atoms with Crippen molar-refractivity contribution in [2.75, 3.05) is 19.8 Å². The maximum atomic E-state index is 11.4. The Hall–Kier alpha value is -1.43. The number of carbonyl (C=O) groups excluding carboxylic acids is 1. The van der Waals surface area contributed by atoms with E-state index < -0.39 is 6.10 Å². The maximum Gasteiger partial charge on any atom is 0.163 e. The first kappa shape index (κ1) is 16.6. The Kier molecular flexibility index (Phi) is 6.13. The Morgan fingerprint density at radius 1 is 1.40 bits per heavy atom. The van der Waals surface area contributed by atoms with Crippen molar-refractivity contribution in [1.82, 2.24) is 0 Å². The quantitative estimate of drug-likeness (QED) is 0.584. The topological polar surface area (TPSA) is 83.4 Å². The normalized spacial score (nSPS) is 13.1. The molecule has 0 saturated carbocycles. The highest BCUT2D eigenvalue weighted by atomic mass is 16.5. The fraction of sp³-hybridized carbons (Fsp3) is 0.533. The largest absolute Gasteiger partial charge is 0.490 e. The molecule has 4 N–H and O–H groups in total. The second-order valence-electron chi connectivity index (χ2n) is 5.60. The minimum absolute atomic E-state index is 0.0355. The van der Waals surface area contributed by atoms with Gasteiger partial charge in [-0.05, 0) is 32.9 Å². The summed E-state index contributed by atoms with van der Waals surface area (Å²) < 4.78 is 5.51. The number of quaternary nitrogens is 1. The lowest BCUT2D eigenvalue weighted by molar-refractivity contribution is -0.727. The van der Waals surface area contributed by atoms with Crippen LogP contribution in [-0.2, 0) is 0 Å². The Balaban J connectivity index is 2.49. The van der Waals surface area contributed by atoms with Gasteiger partial charge in [0.1, 0.15) is 30.5 Å². The van der Waals surface area contributed by atoms with E-state index in [-0.39, 0.29) is 24.5 Å². The number of benzene rings is 1. The number of aliphatic hydroxyl groups is 2. The summed E-state index contributed by atoms with van der Waals surface area (Å²) >= 11 is 0. The number of hydrogen-bond donors (Lipinski definition) is 3. The zero-order chi connectivity index (χ0) is 15.2. The standard InChI is InChI=1S/C15H23NO4/c1-11(18)13-6-4-5-7-14(13)20-9-12(19)8-16-15(2,3)10-17/h4-7,12,16-17,19H,8-10H2,1-3H3/p+1/t12-/m1/s1. The van der Waals surface area contributed by atoms with Gasteiger partial charge in [-0.3, -0.25) is 4.79 Å². The average molecular weight is 282 g/mol. The number of aliphatic hydroxyl groups excluding tert-OH is 2. The van der Waals surface area contributed by atoms with Crippen LogP contribution in [0.5, 0.6) is 5.75 Å². The van der Waals surface area contributed by atoms with Crippen LogP contribution in [0.25, 0.3) is 0 Å². The van der Waals surface area contributed by atoms with E-state index in [0.29, 0.717) is 17.9 Å². The molecule has 5 nitrogen and oxygen atoms in total. The summed E-state index contributed by atoms with van der Waals surface area (Å²) in [5, 5.41) is 20.9. The maximum absolute atomic E-state index is 11.4. The lowest BCUT2D eigenvalue weighted by Crippen LogP contribution is -2.97. The van der Waals surface area contributed by atoms with E-state index in [1.165, 1.54) is 6.92 Å². The highest BCUT2D eigenvalue weighted by molar-refractivity contribution is 5.96. The van der Waals surface area contributed by atoms with Crippen LogP contribution in [0.2, 0.25) is 0 Å². The molecule has 0 amide bonds. The molecule has 0 aliphatic carbocycles. The van der Waals surface area contributed by atoms with Crippen LogP contribution in [-0.4, -0.2) is 47.4 Å². The number of para-hydroxylation sites is 1. The summed E-state index contributed by atoms with van der Waals surface area (Å²) in [5.41, 5.74) is 0.192. The fourth-order valence-electron chi connectivity index (χ4n) is 1.66. The summed E-state index contributed by atoms with van der Waals surface area (Å²) in [4.78, 5) is 11.4. The fourth-order valence-corrected chi connectivity index (χ4v) is 1.66. The molecule has 0 radical (unpaired) electrons. The van der Waals surface area contributed by atoms with Crippen molar-refractivity contribution in [2.45, 2.75) is 32.4 Å². The molecule has 0 aromatic heterocycles. The van der Waals surface area contributed by atoms with Gasteiger partial charge in [-0.25, -0.2) is 0 Å². The number of ether oxygens (including phenoxy) is 1. The first-order chi connectivity index (χ1) is 9.35. The highest BCUT2D eigenvalue weighted by Gasteiger charge is 2.21. The highest BCUT2D eigenvalue weighted by Crippen LogP contribution is 2.18. The summed E-state index contributed by atoms with van der Waals surface area (Å²) in [6, 6.07) is 6.97. The van der Waals surface area contributed by atoms with Gasteiger partial charge in [0.2, 0.25) is 0 Å². The van der Waals surface area contributed by atoms with Crippen molar-refractivity contribution in [3.63, 3.8) is 0 Å². The first-order valence-electron chi connectivity index (χ1n) is 6.72. The molecule has 20 heavy (non-hydrogen) atoms. The van der Waals surface area contributed by atoms with Crippen molar-refractivity contribution < 1.29 is 25.1 Å². The Morgan fingerprint density at radius 2 is 2.05 bits per heavy atom. The van der Waals surface area contributed by atoms with Crippen LogP contribution in [0.3, 0.4) is 0 Å². The van der Waals surface area contributed by atoms with E-state index in [4.69, 9.17) is 9.84 Å². The molecule has 1 aromatic carbocycles. The number of rotatable bonds is 8. The van der Waals surface area contributed by atoms with Gasteiger partial charge in [-0.2, -0.15) is 0 Å². The molecule has 112 valence electrons. The Morgan fingerprint density at radius 3 is 2.65 bits per heavy atom. The van der Waals surface area contributed by atoms with Crippen LogP contribution in [0.4, 0.5) is 0 Å². The van der Waals surface area contributed by atoms with E-state index in [1.54, 1.807) is 24.3 Å². The molecule has 0 aliphatic heterocycles. The van der Waals surface area contributed by atoms with Crippen molar-refractivity contribution in [3.8, 4) is 5.75 Å². The van der Waals surface area contributed by atoms with Gasteiger partial charge in [-0.1, -0.05) is 12.1 Å².